The molecule has 2 amide bonds. The fourth-order valence-corrected chi connectivity index (χ4v) is 7.19. The predicted octanol–water partition coefficient (Wildman–Crippen LogP) is -0.440. The summed E-state index contributed by atoms with van der Waals surface area (Å²) in [4.78, 5) is 40.5. The highest BCUT2D eigenvalue weighted by Gasteiger charge is 2.58. The summed E-state index contributed by atoms with van der Waals surface area (Å²) in [6.07, 6.45) is 1.96. The van der Waals surface area contributed by atoms with Crippen molar-refractivity contribution in [3.8, 4) is 0 Å². The minimum Gasteiger partial charge on any atom is -0.477 e. The monoisotopic (exact) mass is 412 g/mol. The van der Waals surface area contributed by atoms with Crippen LogP contribution in [0.5, 0.6) is 0 Å². The van der Waals surface area contributed by atoms with Gasteiger partial charge in [0, 0.05) is 18.4 Å². The highest BCUT2D eigenvalue weighted by Crippen LogP contribution is 2.56. The zero-order valence-electron chi connectivity index (χ0n) is 14.6. The van der Waals surface area contributed by atoms with E-state index in [0.29, 0.717) is 10.9 Å². The summed E-state index contributed by atoms with van der Waals surface area (Å²) in [5, 5.41) is 19.1. The van der Waals surface area contributed by atoms with Gasteiger partial charge in [0.1, 0.15) is 5.37 Å². The van der Waals surface area contributed by atoms with Crippen molar-refractivity contribution in [3.63, 3.8) is 0 Å². The number of primary amides is 1. The minimum absolute atomic E-state index is 0.0166. The average molecular weight is 412 g/mol. The standard InChI is InChI=1S/C16H20N4O5S2/c1-7(21)11-13(23)20-12(15(24)25)16(27-14(11)20)26-9-2-3-19-6-18(4-8(9)19)5-10(17)22/h4,7,9,11,14,21H,2-3,5-6H2,1H3,(H2,17,22)(H,24,25)/t7-,9?,11-,14+/m1/s1. The van der Waals surface area contributed by atoms with Crippen LogP contribution in [0.2, 0.25) is 0 Å². The molecule has 4 heterocycles. The van der Waals surface area contributed by atoms with E-state index in [9.17, 15) is 24.6 Å². The van der Waals surface area contributed by atoms with E-state index in [0.717, 1.165) is 18.7 Å². The highest BCUT2D eigenvalue weighted by atomic mass is 32.2. The third kappa shape index (κ3) is 2.97. The molecular formula is C16H20N4O5S2. The number of carboxylic acid groups (broad SMARTS) is 1. The molecule has 4 aliphatic heterocycles. The molecular weight excluding hydrogens is 392 g/mol. The molecule has 0 aromatic carbocycles. The Balaban J connectivity index is 1.53. The van der Waals surface area contributed by atoms with Gasteiger partial charge in [-0.15, -0.1) is 11.8 Å². The number of rotatable bonds is 6. The number of fused-ring (bicyclic) bond motifs is 2. The second-order valence-corrected chi connectivity index (χ2v) is 9.59. The Morgan fingerprint density at radius 3 is 2.85 bits per heavy atom. The molecule has 0 aromatic heterocycles. The third-order valence-corrected chi connectivity index (χ3v) is 8.00. The van der Waals surface area contributed by atoms with Gasteiger partial charge in [0.05, 0.1) is 34.7 Å². The molecule has 0 saturated carbocycles. The molecule has 2 fully saturated rings. The Kier molecular flexibility index (Phi) is 4.55. The summed E-state index contributed by atoms with van der Waals surface area (Å²) in [6.45, 7) is 3.12. The quantitative estimate of drug-likeness (QED) is 0.498. The van der Waals surface area contributed by atoms with Crippen molar-refractivity contribution in [1.29, 1.82) is 0 Å². The van der Waals surface area contributed by atoms with E-state index in [1.165, 1.54) is 28.4 Å². The van der Waals surface area contributed by atoms with Gasteiger partial charge in [-0.1, -0.05) is 11.8 Å². The van der Waals surface area contributed by atoms with Crippen molar-refractivity contribution in [2.75, 3.05) is 19.8 Å². The first-order valence-electron chi connectivity index (χ1n) is 8.59. The Morgan fingerprint density at radius 1 is 1.48 bits per heavy atom. The predicted molar refractivity (Wildman–Crippen MR) is 99.6 cm³/mol. The largest absolute Gasteiger partial charge is 0.477 e. The number of aliphatic hydroxyl groups excluding tert-OH is 1. The zero-order chi connectivity index (χ0) is 19.5. The number of aliphatic hydroxyl groups is 1. The van der Waals surface area contributed by atoms with Crippen LogP contribution in [0.15, 0.2) is 21.8 Å². The Morgan fingerprint density at radius 2 is 2.22 bits per heavy atom. The van der Waals surface area contributed by atoms with Crippen LogP contribution in [0, 0.1) is 5.92 Å². The number of aliphatic carboxylic acids is 1. The number of β-lactam (4-membered cyclic amide) rings is 1. The number of thioether (sulfide) groups is 2. The summed E-state index contributed by atoms with van der Waals surface area (Å²) in [6, 6.07) is 0. The molecule has 4 rings (SSSR count). The first-order valence-corrected chi connectivity index (χ1v) is 10.3. The minimum atomic E-state index is -1.13. The number of hydrogen-bond donors (Lipinski definition) is 3. The van der Waals surface area contributed by atoms with Crippen LogP contribution in [0.3, 0.4) is 0 Å². The Hall–Kier alpha value is -1.85. The number of carbonyl (C=O) groups excluding carboxylic acids is 2. The van der Waals surface area contributed by atoms with E-state index < -0.39 is 23.9 Å². The van der Waals surface area contributed by atoms with E-state index >= 15 is 0 Å². The molecule has 0 aromatic rings. The summed E-state index contributed by atoms with van der Waals surface area (Å²) in [5.41, 5.74) is 6.33. The SMILES string of the molecule is C[C@@H](O)[C@@H]1C(=O)N2C(C(=O)O)=C(SC3CCN4CN(CC(N)=O)C=C34)S[C@@H]12. The normalized spacial score (nSPS) is 30.3. The number of nitrogens with two attached hydrogens (primary N) is 1. The van der Waals surface area contributed by atoms with Crippen LogP contribution < -0.4 is 5.73 Å². The average Bonchev–Trinajstić information content (AvgIpc) is 3.19. The lowest BCUT2D eigenvalue weighted by atomic mass is 9.92. The topological polar surface area (TPSA) is 127 Å². The van der Waals surface area contributed by atoms with Crippen molar-refractivity contribution in [2.24, 2.45) is 11.7 Å². The van der Waals surface area contributed by atoms with Gasteiger partial charge < -0.3 is 25.7 Å². The van der Waals surface area contributed by atoms with Crippen LogP contribution in [0.1, 0.15) is 13.3 Å². The van der Waals surface area contributed by atoms with Crippen LogP contribution in [-0.2, 0) is 14.4 Å². The number of amides is 2. The van der Waals surface area contributed by atoms with E-state index in [1.54, 1.807) is 6.92 Å². The fourth-order valence-electron chi connectivity index (χ4n) is 3.89. The van der Waals surface area contributed by atoms with Crippen LogP contribution >= 0.6 is 23.5 Å². The molecule has 0 radical (unpaired) electrons. The summed E-state index contributed by atoms with van der Waals surface area (Å²) >= 11 is 2.79. The lowest BCUT2D eigenvalue weighted by molar-refractivity contribution is -0.156. The van der Waals surface area contributed by atoms with Crippen molar-refractivity contribution < 1.29 is 24.6 Å². The molecule has 4 atom stereocenters. The summed E-state index contributed by atoms with van der Waals surface area (Å²) in [5.74, 6) is -2.43. The van der Waals surface area contributed by atoms with Crippen molar-refractivity contribution in [3.05, 3.63) is 21.8 Å². The van der Waals surface area contributed by atoms with E-state index in [1.807, 2.05) is 11.1 Å². The number of nitrogens with zero attached hydrogens (tertiary/aromatic N) is 3. The molecule has 0 spiro atoms. The van der Waals surface area contributed by atoms with Gasteiger partial charge in [-0.2, -0.15) is 0 Å². The van der Waals surface area contributed by atoms with Gasteiger partial charge >= 0.3 is 5.97 Å². The lowest BCUT2D eigenvalue weighted by Crippen LogP contribution is -2.60. The van der Waals surface area contributed by atoms with E-state index in [4.69, 9.17) is 5.73 Å². The van der Waals surface area contributed by atoms with Gasteiger partial charge in [-0.25, -0.2) is 4.79 Å². The summed E-state index contributed by atoms with van der Waals surface area (Å²) in [7, 11) is 0. The van der Waals surface area contributed by atoms with Crippen molar-refractivity contribution in [2.45, 2.75) is 30.1 Å². The van der Waals surface area contributed by atoms with Gasteiger partial charge in [0.25, 0.3) is 0 Å². The molecule has 1 unspecified atom stereocenters. The number of carbonyl (C=O) groups is 3. The molecule has 11 heteroatoms. The maximum Gasteiger partial charge on any atom is 0.354 e. The maximum atomic E-state index is 12.3. The summed E-state index contributed by atoms with van der Waals surface area (Å²) < 4.78 is 0.602. The molecule has 27 heavy (non-hydrogen) atoms. The van der Waals surface area contributed by atoms with Gasteiger partial charge in [-0.05, 0) is 13.3 Å². The van der Waals surface area contributed by atoms with Gasteiger partial charge in [-0.3, -0.25) is 14.5 Å². The number of hydrogen-bond acceptors (Lipinski definition) is 8. The molecule has 9 nitrogen and oxygen atoms in total. The second-order valence-electron chi connectivity index (χ2n) is 6.99. The first kappa shape index (κ1) is 18.5. The van der Waals surface area contributed by atoms with Crippen molar-refractivity contribution in [1.82, 2.24) is 14.7 Å². The van der Waals surface area contributed by atoms with Gasteiger partial charge in [0.2, 0.25) is 11.8 Å². The molecule has 146 valence electrons. The molecule has 2 saturated heterocycles. The zero-order valence-corrected chi connectivity index (χ0v) is 16.2. The third-order valence-electron chi connectivity index (χ3n) is 5.10. The fraction of sp³-hybridized carbons (Fsp3) is 0.562. The smallest absolute Gasteiger partial charge is 0.354 e. The maximum absolute atomic E-state index is 12.3. The molecule has 4 aliphatic rings. The van der Waals surface area contributed by atoms with Crippen LogP contribution in [0.25, 0.3) is 0 Å². The van der Waals surface area contributed by atoms with Gasteiger partial charge in [0.15, 0.2) is 5.70 Å². The Labute approximate surface area is 164 Å². The molecule has 0 bridgehead atoms. The number of carboxylic acids is 1. The van der Waals surface area contributed by atoms with Crippen LogP contribution in [0.4, 0.5) is 0 Å². The van der Waals surface area contributed by atoms with E-state index in [2.05, 4.69) is 4.90 Å². The first-order chi connectivity index (χ1) is 12.8. The van der Waals surface area contributed by atoms with E-state index in [-0.39, 0.29) is 28.8 Å². The Bertz CT molecular complexity index is 783. The highest BCUT2D eigenvalue weighted by molar-refractivity contribution is 8.23. The molecule has 0 aliphatic carbocycles. The van der Waals surface area contributed by atoms with Crippen LogP contribution in [-0.4, -0.2) is 79.2 Å². The lowest BCUT2D eigenvalue weighted by Gasteiger charge is -2.43. The molecule has 4 N–H and O–H groups in total. The second kappa shape index (κ2) is 6.64. The van der Waals surface area contributed by atoms with Crippen molar-refractivity contribution >= 4 is 41.3 Å².